The Bertz CT molecular complexity index is 1300. The van der Waals surface area contributed by atoms with Crippen molar-refractivity contribution in [3.63, 3.8) is 0 Å². The molecule has 0 unspecified atom stereocenters. The van der Waals surface area contributed by atoms with Gasteiger partial charge in [-0.1, -0.05) is 30.0 Å². The molecule has 3 heterocycles. The second kappa shape index (κ2) is 10.3. The third-order valence-corrected chi connectivity index (χ3v) is 6.53. The van der Waals surface area contributed by atoms with E-state index in [4.69, 9.17) is 9.47 Å². The number of benzene rings is 2. The van der Waals surface area contributed by atoms with Crippen molar-refractivity contribution in [2.24, 2.45) is 0 Å². The Labute approximate surface area is 201 Å². The van der Waals surface area contributed by atoms with Crippen molar-refractivity contribution in [1.82, 2.24) is 19.5 Å². The molecule has 1 N–H and O–H groups in total. The summed E-state index contributed by atoms with van der Waals surface area (Å²) in [6.45, 7) is 4.92. The van der Waals surface area contributed by atoms with Crippen LogP contribution in [0.1, 0.15) is 10.4 Å². The van der Waals surface area contributed by atoms with Gasteiger partial charge in [0.05, 0.1) is 18.8 Å². The van der Waals surface area contributed by atoms with E-state index in [2.05, 4.69) is 15.1 Å². The summed E-state index contributed by atoms with van der Waals surface area (Å²) in [7, 11) is 0. The van der Waals surface area contributed by atoms with Gasteiger partial charge < -0.3 is 14.6 Å². The van der Waals surface area contributed by atoms with E-state index < -0.39 is 5.97 Å². The minimum absolute atomic E-state index is 0.265. The molecule has 4 aromatic rings. The largest absolute Gasteiger partial charge is 0.492 e. The first-order valence-corrected chi connectivity index (χ1v) is 11.9. The third-order valence-electron chi connectivity index (χ3n) is 5.56. The summed E-state index contributed by atoms with van der Waals surface area (Å²) in [5, 5.41) is 17.9. The molecule has 0 amide bonds. The highest BCUT2D eigenvalue weighted by atomic mass is 32.2. The Hall–Kier alpha value is -3.40. The summed E-state index contributed by atoms with van der Waals surface area (Å²) in [4.78, 5) is 15.4. The number of fused-ring (bicyclic) bond motifs is 1. The quantitative estimate of drug-likeness (QED) is 0.409. The molecular formula is C25H24N4O4S. The maximum atomic E-state index is 11.3. The fourth-order valence-corrected chi connectivity index (χ4v) is 4.70. The number of carboxylic acid groups (broad SMARTS) is 1. The zero-order valence-electron chi connectivity index (χ0n) is 18.5. The van der Waals surface area contributed by atoms with Crippen LogP contribution in [0.25, 0.3) is 17.0 Å². The van der Waals surface area contributed by atoms with Crippen LogP contribution in [0.5, 0.6) is 5.75 Å². The van der Waals surface area contributed by atoms with Crippen molar-refractivity contribution in [2.45, 2.75) is 9.79 Å². The highest BCUT2D eigenvalue weighted by Gasteiger charge is 2.12. The molecule has 0 saturated carbocycles. The SMILES string of the molecule is O=C(O)c1cccc(Sc2ccc3nnc(-c4cccc(OCCN5CCOCC5)c4)n3c2)c1. The van der Waals surface area contributed by atoms with E-state index in [1.807, 2.05) is 53.1 Å². The van der Waals surface area contributed by atoms with Crippen molar-refractivity contribution in [1.29, 1.82) is 0 Å². The van der Waals surface area contributed by atoms with E-state index >= 15 is 0 Å². The average Bonchev–Trinajstić information content (AvgIpc) is 3.28. The number of aromatic carboxylic acids is 1. The Morgan fingerprint density at radius 2 is 1.88 bits per heavy atom. The first kappa shape index (κ1) is 22.4. The summed E-state index contributed by atoms with van der Waals surface area (Å²) in [6, 6.07) is 18.6. The monoisotopic (exact) mass is 476 g/mol. The molecule has 5 rings (SSSR count). The molecule has 1 fully saturated rings. The topological polar surface area (TPSA) is 89.2 Å². The first-order chi connectivity index (χ1) is 16.7. The van der Waals surface area contributed by atoms with Crippen molar-refractivity contribution in [3.8, 4) is 17.1 Å². The Balaban J connectivity index is 1.33. The van der Waals surface area contributed by atoms with Crippen LogP contribution in [0.2, 0.25) is 0 Å². The molecule has 174 valence electrons. The molecule has 9 heteroatoms. The predicted octanol–water partition coefficient (Wildman–Crippen LogP) is 3.96. The lowest BCUT2D eigenvalue weighted by atomic mass is 10.2. The van der Waals surface area contributed by atoms with Gasteiger partial charge in [0, 0.05) is 41.2 Å². The van der Waals surface area contributed by atoms with E-state index in [9.17, 15) is 9.90 Å². The van der Waals surface area contributed by atoms with Gasteiger partial charge in [0.1, 0.15) is 12.4 Å². The summed E-state index contributed by atoms with van der Waals surface area (Å²) >= 11 is 1.49. The summed E-state index contributed by atoms with van der Waals surface area (Å²) in [5.74, 6) is 0.569. The molecule has 0 atom stereocenters. The number of carbonyl (C=O) groups is 1. The van der Waals surface area contributed by atoms with Crippen LogP contribution in [0.15, 0.2) is 76.7 Å². The maximum absolute atomic E-state index is 11.3. The number of ether oxygens (including phenoxy) is 2. The van der Waals surface area contributed by atoms with Gasteiger partial charge in [0.2, 0.25) is 0 Å². The normalized spacial score (nSPS) is 14.4. The molecular weight excluding hydrogens is 452 g/mol. The van der Waals surface area contributed by atoms with Crippen LogP contribution >= 0.6 is 11.8 Å². The van der Waals surface area contributed by atoms with Gasteiger partial charge in [-0.3, -0.25) is 9.30 Å². The van der Waals surface area contributed by atoms with Crippen LogP contribution in [-0.2, 0) is 4.74 Å². The number of carboxylic acids is 1. The Morgan fingerprint density at radius 1 is 1.03 bits per heavy atom. The lowest BCUT2D eigenvalue weighted by Gasteiger charge is -2.26. The molecule has 2 aromatic heterocycles. The van der Waals surface area contributed by atoms with Crippen molar-refractivity contribution >= 4 is 23.4 Å². The van der Waals surface area contributed by atoms with Crippen LogP contribution in [0, 0.1) is 0 Å². The standard InChI is InChI=1S/C25H24N4O4S/c30-25(31)19-4-2-6-21(16-19)34-22-7-8-23-26-27-24(29(23)17-22)18-3-1-5-20(15-18)33-14-11-28-9-12-32-13-10-28/h1-8,15-17H,9-14H2,(H,30,31). The molecule has 1 aliphatic heterocycles. The molecule has 34 heavy (non-hydrogen) atoms. The minimum Gasteiger partial charge on any atom is -0.492 e. The molecule has 8 nitrogen and oxygen atoms in total. The van der Waals surface area contributed by atoms with Crippen LogP contribution in [0.3, 0.4) is 0 Å². The zero-order valence-corrected chi connectivity index (χ0v) is 19.3. The fourth-order valence-electron chi connectivity index (χ4n) is 3.80. The summed E-state index contributed by atoms with van der Waals surface area (Å²) < 4.78 is 13.3. The van der Waals surface area contributed by atoms with Crippen LogP contribution < -0.4 is 4.74 Å². The van der Waals surface area contributed by atoms with Crippen molar-refractivity contribution in [2.75, 3.05) is 39.5 Å². The number of aromatic nitrogens is 3. The van der Waals surface area contributed by atoms with E-state index in [0.717, 1.165) is 65.4 Å². The number of pyridine rings is 1. The smallest absolute Gasteiger partial charge is 0.335 e. The van der Waals surface area contributed by atoms with Gasteiger partial charge in [-0.25, -0.2) is 4.79 Å². The number of morpholine rings is 1. The zero-order chi connectivity index (χ0) is 23.3. The molecule has 1 aliphatic rings. The number of hydrogen-bond acceptors (Lipinski definition) is 7. The van der Waals surface area contributed by atoms with Crippen LogP contribution in [0.4, 0.5) is 0 Å². The highest BCUT2D eigenvalue weighted by molar-refractivity contribution is 7.99. The average molecular weight is 477 g/mol. The van der Waals surface area contributed by atoms with Crippen molar-refractivity contribution < 1.29 is 19.4 Å². The minimum atomic E-state index is -0.939. The van der Waals surface area contributed by atoms with Gasteiger partial charge in [-0.2, -0.15) is 0 Å². The molecule has 2 aromatic carbocycles. The Kier molecular flexibility index (Phi) is 6.75. The number of nitrogens with zero attached hydrogens (tertiary/aromatic N) is 4. The lowest BCUT2D eigenvalue weighted by Crippen LogP contribution is -2.38. The van der Waals surface area contributed by atoms with E-state index in [0.29, 0.717) is 6.61 Å². The van der Waals surface area contributed by atoms with E-state index in [1.54, 1.807) is 18.2 Å². The maximum Gasteiger partial charge on any atom is 0.335 e. The lowest BCUT2D eigenvalue weighted by molar-refractivity contribution is 0.0322. The van der Waals surface area contributed by atoms with E-state index in [-0.39, 0.29) is 5.56 Å². The van der Waals surface area contributed by atoms with E-state index in [1.165, 1.54) is 11.8 Å². The molecule has 0 bridgehead atoms. The van der Waals surface area contributed by atoms with Crippen molar-refractivity contribution in [3.05, 3.63) is 72.4 Å². The molecule has 0 spiro atoms. The van der Waals surface area contributed by atoms with Crippen LogP contribution in [-0.4, -0.2) is 70.0 Å². The number of rotatable bonds is 8. The molecule has 1 saturated heterocycles. The van der Waals surface area contributed by atoms with Gasteiger partial charge >= 0.3 is 5.97 Å². The fraction of sp³-hybridized carbons (Fsp3) is 0.240. The second-order valence-electron chi connectivity index (χ2n) is 7.88. The highest BCUT2D eigenvalue weighted by Crippen LogP contribution is 2.30. The Morgan fingerprint density at radius 3 is 2.74 bits per heavy atom. The van der Waals surface area contributed by atoms with Gasteiger partial charge in [0.25, 0.3) is 0 Å². The predicted molar refractivity (Wildman–Crippen MR) is 129 cm³/mol. The second-order valence-corrected chi connectivity index (χ2v) is 9.03. The van der Waals surface area contributed by atoms with Gasteiger partial charge in [-0.15, -0.1) is 10.2 Å². The summed E-state index contributed by atoms with van der Waals surface area (Å²) in [6.07, 6.45) is 1.97. The first-order valence-electron chi connectivity index (χ1n) is 11.0. The van der Waals surface area contributed by atoms with Gasteiger partial charge in [-0.05, 0) is 42.5 Å². The van der Waals surface area contributed by atoms with Gasteiger partial charge in [0.15, 0.2) is 11.5 Å². The summed E-state index contributed by atoms with van der Waals surface area (Å²) in [5.41, 5.74) is 1.91. The molecule has 0 radical (unpaired) electrons. The third kappa shape index (κ3) is 5.22. The number of hydrogen-bond donors (Lipinski definition) is 1. The molecule has 0 aliphatic carbocycles.